The minimum absolute atomic E-state index is 0.151. The number of carbonyl (C=O) groups is 1. The van der Waals surface area contributed by atoms with Crippen LogP contribution in [-0.2, 0) is 4.74 Å². The third kappa shape index (κ3) is 3.67. The van der Waals surface area contributed by atoms with Crippen LogP contribution >= 0.6 is 0 Å². The Morgan fingerprint density at radius 2 is 1.86 bits per heavy atom. The van der Waals surface area contributed by atoms with Gasteiger partial charge in [-0.15, -0.1) is 0 Å². The van der Waals surface area contributed by atoms with Crippen molar-refractivity contribution < 1.29 is 9.53 Å². The maximum absolute atomic E-state index is 12.5. The first-order valence-corrected chi connectivity index (χ1v) is 10.8. The topological polar surface area (TPSA) is 29.5 Å². The quantitative estimate of drug-likeness (QED) is 0.782. The van der Waals surface area contributed by atoms with Gasteiger partial charge in [0, 0.05) is 12.2 Å². The minimum Gasteiger partial charge on any atom is -0.444 e. The molecule has 0 saturated carbocycles. The molecule has 2 rings (SSSR count). The SMILES string of the molecule is CC(C)(C)OC(=O)N1CCC[C@H]1[Si](C)(C)c1ccccc1. The lowest BCUT2D eigenvalue weighted by Crippen LogP contribution is -2.59. The van der Waals surface area contributed by atoms with E-state index in [1.807, 2.05) is 31.7 Å². The van der Waals surface area contributed by atoms with Gasteiger partial charge in [-0.05, 0) is 33.6 Å². The molecule has 1 fully saturated rings. The predicted molar refractivity (Wildman–Crippen MR) is 89.5 cm³/mol. The van der Waals surface area contributed by atoms with E-state index in [0.717, 1.165) is 19.4 Å². The van der Waals surface area contributed by atoms with E-state index in [1.165, 1.54) is 5.19 Å². The van der Waals surface area contributed by atoms with Crippen LogP contribution in [0.25, 0.3) is 0 Å². The van der Waals surface area contributed by atoms with Crippen LogP contribution in [0.5, 0.6) is 0 Å². The van der Waals surface area contributed by atoms with Gasteiger partial charge in [0.1, 0.15) is 13.7 Å². The van der Waals surface area contributed by atoms with Crippen molar-refractivity contribution in [2.45, 2.75) is 58.0 Å². The fourth-order valence-electron chi connectivity index (χ4n) is 3.12. The molecule has 1 amide bonds. The molecule has 0 aromatic heterocycles. The third-order valence-corrected chi connectivity index (χ3v) is 8.32. The molecule has 21 heavy (non-hydrogen) atoms. The lowest BCUT2D eigenvalue weighted by molar-refractivity contribution is 0.0268. The van der Waals surface area contributed by atoms with E-state index in [4.69, 9.17) is 4.74 Å². The van der Waals surface area contributed by atoms with Crippen LogP contribution < -0.4 is 5.19 Å². The molecule has 1 heterocycles. The maximum Gasteiger partial charge on any atom is 0.410 e. The number of likely N-dealkylation sites (tertiary alicyclic amines) is 1. The van der Waals surface area contributed by atoms with Gasteiger partial charge in [0.15, 0.2) is 0 Å². The number of hydrogen-bond donors (Lipinski definition) is 0. The molecule has 1 aliphatic heterocycles. The second-order valence-corrected chi connectivity index (χ2v) is 12.1. The highest BCUT2D eigenvalue weighted by molar-refractivity contribution is 6.91. The lowest BCUT2D eigenvalue weighted by atomic mass is 10.2. The number of carbonyl (C=O) groups excluding carboxylic acids is 1. The molecule has 3 nitrogen and oxygen atoms in total. The Labute approximate surface area is 129 Å². The van der Waals surface area contributed by atoms with Gasteiger partial charge in [-0.3, -0.25) is 0 Å². The molecule has 1 saturated heterocycles. The summed E-state index contributed by atoms with van der Waals surface area (Å²) >= 11 is 0. The Balaban J connectivity index is 2.20. The van der Waals surface area contributed by atoms with E-state index in [9.17, 15) is 4.79 Å². The number of hydrogen-bond acceptors (Lipinski definition) is 2. The standard InChI is InChI=1S/C17H27NO2Si/c1-17(2,3)20-16(19)18-13-9-12-15(18)21(4,5)14-10-7-6-8-11-14/h6-8,10-11,15H,9,12-13H2,1-5H3/t15-/m1/s1. The molecular weight excluding hydrogens is 278 g/mol. The van der Waals surface area contributed by atoms with E-state index in [-0.39, 0.29) is 6.09 Å². The van der Waals surface area contributed by atoms with Crippen LogP contribution in [0.1, 0.15) is 33.6 Å². The Kier molecular flexibility index (Phi) is 4.47. The van der Waals surface area contributed by atoms with E-state index >= 15 is 0 Å². The Morgan fingerprint density at radius 1 is 1.24 bits per heavy atom. The maximum atomic E-state index is 12.5. The molecule has 0 aliphatic carbocycles. The van der Waals surface area contributed by atoms with Crippen LogP contribution in [0.3, 0.4) is 0 Å². The van der Waals surface area contributed by atoms with Crippen molar-refractivity contribution >= 4 is 19.4 Å². The summed E-state index contributed by atoms with van der Waals surface area (Å²) < 4.78 is 5.59. The molecule has 0 bridgehead atoms. The second-order valence-electron chi connectivity index (χ2n) is 7.42. The number of nitrogens with zero attached hydrogens (tertiary/aromatic N) is 1. The molecule has 0 spiro atoms. The van der Waals surface area contributed by atoms with Crippen molar-refractivity contribution in [3.63, 3.8) is 0 Å². The van der Waals surface area contributed by atoms with Gasteiger partial charge in [-0.1, -0.05) is 48.6 Å². The highest BCUT2D eigenvalue weighted by atomic mass is 28.3. The number of ether oxygens (including phenoxy) is 1. The van der Waals surface area contributed by atoms with Crippen molar-refractivity contribution in [1.29, 1.82) is 0 Å². The van der Waals surface area contributed by atoms with Crippen molar-refractivity contribution in [3.8, 4) is 0 Å². The van der Waals surface area contributed by atoms with E-state index in [2.05, 4.69) is 37.4 Å². The molecule has 116 valence electrons. The zero-order valence-electron chi connectivity index (χ0n) is 13.8. The number of benzene rings is 1. The van der Waals surface area contributed by atoms with Gasteiger partial charge < -0.3 is 9.64 Å². The lowest BCUT2D eigenvalue weighted by Gasteiger charge is -2.37. The van der Waals surface area contributed by atoms with Crippen molar-refractivity contribution in [2.24, 2.45) is 0 Å². The van der Waals surface area contributed by atoms with E-state index in [1.54, 1.807) is 0 Å². The van der Waals surface area contributed by atoms with Crippen molar-refractivity contribution in [1.82, 2.24) is 4.90 Å². The minimum atomic E-state index is -1.72. The summed E-state index contributed by atoms with van der Waals surface area (Å²) in [4.78, 5) is 14.5. The summed E-state index contributed by atoms with van der Waals surface area (Å²) in [6, 6.07) is 10.7. The molecule has 1 aliphatic rings. The van der Waals surface area contributed by atoms with Gasteiger partial charge in [-0.2, -0.15) is 0 Å². The third-order valence-electron chi connectivity index (χ3n) is 4.23. The average molecular weight is 305 g/mol. The molecule has 1 aromatic rings. The molecule has 0 unspecified atom stereocenters. The molecule has 4 heteroatoms. The highest BCUT2D eigenvalue weighted by Crippen LogP contribution is 2.27. The molecule has 1 aromatic carbocycles. The Bertz CT molecular complexity index is 493. The Morgan fingerprint density at radius 3 is 2.43 bits per heavy atom. The van der Waals surface area contributed by atoms with Gasteiger partial charge in [0.25, 0.3) is 0 Å². The predicted octanol–water partition coefficient (Wildman–Crippen LogP) is 3.54. The van der Waals surface area contributed by atoms with Gasteiger partial charge in [0.2, 0.25) is 0 Å². The molecule has 0 N–H and O–H groups in total. The number of amides is 1. The largest absolute Gasteiger partial charge is 0.444 e. The fraction of sp³-hybridized carbons (Fsp3) is 0.588. The second kappa shape index (κ2) is 5.83. The summed E-state index contributed by atoms with van der Waals surface area (Å²) in [6.07, 6.45) is 2.02. The normalized spacial score (nSPS) is 19.7. The summed E-state index contributed by atoms with van der Waals surface area (Å²) in [5.41, 5.74) is -0.0994. The van der Waals surface area contributed by atoms with Gasteiger partial charge in [-0.25, -0.2) is 4.79 Å². The Hall–Kier alpha value is -1.29. The van der Waals surface area contributed by atoms with Gasteiger partial charge in [0.05, 0.1) is 0 Å². The first kappa shape index (κ1) is 16.1. The first-order chi connectivity index (χ1) is 9.72. The van der Waals surface area contributed by atoms with Gasteiger partial charge >= 0.3 is 6.09 Å². The molecule has 1 atom stereocenters. The summed E-state index contributed by atoms with van der Waals surface area (Å²) in [5.74, 6) is 0. The highest BCUT2D eigenvalue weighted by Gasteiger charge is 2.43. The van der Waals surface area contributed by atoms with Crippen LogP contribution in [0.2, 0.25) is 13.1 Å². The fourth-order valence-corrected chi connectivity index (χ4v) is 6.49. The monoisotopic (exact) mass is 305 g/mol. The van der Waals surface area contributed by atoms with Crippen LogP contribution in [-0.4, -0.2) is 36.9 Å². The van der Waals surface area contributed by atoms with Crippen molar-refractivity contribution in [2.75, 3.05) is 6.54 Å². The molecular formula is C17H27NO2Si. The zero-order chi connectivity index (χ0) is 15.7. The first-order valence-electron chi connectivity index (χ1n) is 7.77. The zero-order valence-corrected chi connectivity index (χ0v) is 14.8. The van der Waals surface area contributed by atoms with Crippen LogP contribution in [0, 0.1) is 0 Å². The van der Waals surface area contributed by atoms with E-state index in [0.29, 0.717) is 5.67 Å². The summed E-state index contributed by atoms with van der Waals surface area (Å²) in [7, 11) is -1.72. The van der Waals surface area contributed by atoms with Crippen LogP contribution in [0.15, 0.2) is 30.3 Å². The molecule has 0 radical (unpaired) electrons. The van der Waals surface area contributed by atoms with Crippen molar-refractivity contribution in [3.05, 3.63) is 30.3 Å². The van der Waals surface area contributed by atoms with E-state index < -0.39 is 13.7 Å². The summed E-state index contributed by atoms with van der Waals surface area (Å²) in [5, 5.41) is 1.41. The average Bonchev–Trinajstić information content (AvgIpc) is 2.88. The summed E-state index contributed by atoms with van der Waals surface area (Å²) in [6.45, 7) is 11.3. The smallest absolute Gasteiger partial charge is 0.410 e. The van der Waals surface area contributed by atoms with Crippen LogP contribution in [0.4, 0.5) is 4.79 Å². The number of rotatable bonds is 2.